The van der Waals surface area contributed by atoms with E-state index in [1.807, 2.05) is 0 Å². The summed E-state index contributed by atoms with van der Waals surface area (Å²) < 4.78 is 22.0. The molecule has 2 rings (SSSR count). The summed E-state index contributed by atoms with van der Waals surface area (Å²) in [6, 6.07) is 10.5. The minimum Gasteiger partial charge on any atom is -0.324 e. The van der Waals surface area contributed by atoms with Gasteiger partial charge in [-0.05, 0) is 35.1 Å². The van der Waals surface area contributed by atoms with Crippen molar-refractivity contribution in [2.75, 3.05) is 12.3 Å². The molecule has 30 heavy (non-hydrogen) atoms. The van der Waals surface area contributed by atoms with Gasteiger partial charge in [-0.3, -0.25) is 9.13 Å². The quantitative estimate of drug-likeness (QED) is 0.294. The zero-order valence-corrected chi connectivity index (χ0v) is 17.6. The number of rotatable bonds is 11. The van der Waals surface area contributed by atoms with E-state index in [-0.39, 0.29) is 25.2 Å². The van der Waals surface area contributed by atoms with Crippen molar-refractivity contribution >= 4 is 15.2 Å². The molecule has 162 valence electrons. The fraction of sp³-hybridized carbons (Fsp3) is 0.333. The van der Waals surface area contributed by atoms with Crippen LogP contribution in [0.1, 0.15) is 34.3 Å². The maximum absolute atomic E-state index is 11.5. The standard InChI is InChI=1S/C18H22N2O8P2/c21-19-17(15-5-1-13(2-6-15)9-11-29(23,24)25)18(20-22)16-7-3-14(4-8-16)10-12-30(26,27)28/h1-8,17-18H,9-12H2,(H2,23,24,25)(H2,26,27,28). The Labute approximate surface area is 172 Å². The normalized spacial score (nSPS) is 14.1. The molecule has 0 bridgehead atoms. The summed E-state index contributed by atoms with van der Waals surface area (Å²) >= 11 is 0. The molecule has 0 heterocycles. The highest BCUT2D eigenvalue weighted by atomic mass is 31.2. The highest BCUT2D eigenvalue weighted by Crippen LogP contribution is 2.38. The number of nitroso groups, excluding NO2 is 2. The van der Waals surface area contributed by atoms with E-state index in [0.717, 1.165) is 0 Å². The fourth-order valence-electron chi connectivity index (χ4n) is 2.91. The molecule has 0 aliphatic carbocycles. The lowest BCUT2D eigenvalue weighted by Gasteiger charge is -2.17. The van der Waals surface area contributed by atoms with E-state index in [1.165, 1.54) is 0 Å². The molecule has 0 spiro atoms. The van der Waals surface area contributed by atoms with Crippen LogP contribution < -0.4 is 0 Å². The topological polar surface area (TPSA) is 174 Å². The molecule has 0 radical (unpaired) electrons. The number of nitrogens with zero attached hydrogens (tertiary/aromatic N) is 2. The molecule has 0 aliphatic rings. The van der Waals surface area contributed by atoms with Gasteiger partial charge in [0.1, 0.15) is 12.1 Å². The second-order valence-corrected chi connectivity index (χ2v) is 10.4. The van der Waals surface area contributed by atoms with Gasteiger partial charge in [0, 0.05) is 0 Å². The van der Waals surface area contributed by atoms with Gasteiger partial charge in [-0.15, -0.1) is 0 Å². The van der Waals surface area contributed by atoms with E-state index in [9.17, 15) is 18.9 Å². The Balaban J connectivity index is 2.15. The molecule has 2 atom stereocenters. The number of benzene rings is 2. The van der Waals surface area contributed by atoms with Crippen LogP contribution >= 0.6 is 15.2 Å². The van der Waals surface area contributed by atoms with Crippen molar-refractivity contribution in [3.8, 4) is 0 Å². The molecule has 0 fully saturated rings. The highest BCUT2D eigenvalue weighted by Gasteiger charge is 2.27. The van der Waals surface area contributed by atoms with Crippen molar-refractivity contribution in [2.24, 2.45) is 10.4 Å². The highest BCUT2D eigenvalue weighted by molar-refractivity contribution is 7.52. The van der Waals surface area contributed by atoms with Gasteiger partial charge >= 0.3 is 15.2 Å². The molecule has 12 heteroatoms. The van der Waals surface area contributed by atoms with Crippen LogP contribution in [-0.4, -0.2) is 31.9 Å². The van der Waals surface area contributed by atoms with E-state index >= 15 is 0 Å². The summed E-state index contributed by atoms with van der Waals surface area (Å²) in [5.41, 5.74) is 2.19. The molecule has 0 amide bonds. The Morgan fingerprint density at radius 1 is 0.633 bits per heavy atom. The van der Waals surface area contributed by atoms with Gasteiger partial charge in [0.15, 0.2) is 0 Å². The van der Waals surface area contributed by atoms with Gasteiger partial charge < -0.3 is 19.6 Å². The molecule has 4 N–H and O–H groups in total. The zero-order chi connectivity index (χ0) is 22.4. The molecule has 10 nitrogen and oxygen atoms in total. The van der Waals surface area contributed by atoms with Crippen molar-refractivity contribution in [1.82, 2.24) is 0 Å². The predicted octanol–water partition coefficient (Wildman–Crippen LogP) is 3.44. The van der Waals surface area contributed by atoms with Crippen molar-refractivity contribution < 1.29 is 28.7 Å². The van der Waals surface area contributed by atoms with Crippen molar-refractivity contribution in [2.45, 2.75) is 24.9 Å². The van der Waals surface area contributed by atoms with Crippen LogP contribution in [0.15, 0.2) is 58.9 Å². The molecular weight excluding hydrogens is 434 g/mol. The van der Waals surface area contributed by atoms with E-state index in [1.54, 1.807) is 48.5 Å². The molecule has 0 aliphatic heterocycles. The first-order chi connectivity index (χ1) is 14.0. The van der Waals surface area contributed by atoms with Gasteiger partial charge in [-0.1, -0.05) is 58.9 Å². The summed E-state index contributed by atoms with van der Waals surface area (Å²) in [5.74, 6) is 0. The summed E-state index contributed by atoms with van der Waals surface area (Å²) in [5, 5.41) is 6.08. The molecular formula is C18H22N2O8P2. The smallest absolute Gasteiger partial charge is 0.324 e. The van der Waals surface area contributed by atoms with Crippen molar-refractivity contribution in [1.29, 1.82) is 0 Å². The van der Waals surface area contributed by atoms with Gasteiger partial charge in [0.25, 0.3) is 0 Å². The van der Waals surface area contributed by atoms with E-state index < -0.39 is 27.3 Å². The lowest BCUT2D eigenvalue weighted by Crippen LogP contribution is -2.07. The Kier molecular flexibility index (Phi) is 8.32. The van der Waals surface area contributed by atoms with Crippen molar-refractivity contribution in [3.63, 3.8) is 0 Å². The van der Waals surface area contributed by atoms with E-state index in [2.05, 4.69) is 10.4 Å². The molecule has 0 saturated heterocycles. The monoisotopic (exact) mass is 456 g/mol. The Morgan fingerprint density at radius 2 is 0.933 bits per heavy atom. The Hall–Kier alpha value is -2.06. The van der Waals surface area contributed by atoms with Gasteiger partial charge in [-0.2, -0.15) is 9.81 Å². The first-order valence-corrected chi connectivity index (χ1v) is 12.5. The SMILES string of the molecule is O=NC(c1ccc(CCP(=O)(O)O)cc1)C(N=O)c1ccc(CCP(=O)(O)O)cc1. The van der Waals surface area contributed by atoms with Gasteiger partial charge in [0.2, 0.25) is 0 Å². The number of hydrogen-bond acceptors (Lipinski definition) is 6. The van der Waals surface area contributed by atoms with Crippen LogP contribution in [0.25, 0.3) is 0 Å². The Bertz CT molecular complexity index is 874. The largest absolute Gasteiger partial charge is 0.325 e. The average molecular weight is 456 g/mol. The fourth-order valence-corrected chi connectivity index (χ4v) is 4.01. The first kappa shape index (κ1) is 24.2. The number of aryl methyl sites for hydroxylation is 2. The second kappa shape index (κ2) is 10.3. The van der Waals surface area contributed by atoms with E-state index in [0.29, 0.717) is 22.3 Å². The second-order valence-electron chi connectivity index (χ2n) is 6.86. The summed E-state index contributed by atoms with van der Waals surface area (Å²) in [7, 11) is -8.23. The maximum atomic E-state index is 11.5. The minimum atomic E-state index is -4.12. The average Bonchev–Trinajstić information content (AvgIpc) is 2.69. The van der Waals surface area contributed by atoms with Crippen LogP contribution in [0.5, 0.6) is 0 Å². The summed E-state index contributed by atoms with van der Waals surface area (Å²) in [6.07, 6.45) is -0.270. The van der Waals surface area contributed by atoms with Crippen molar-refractivity contribution in [3.05, 3.63) is 80.6 Å². The van der Waals surface area contributed by atoms with E-state index in [4.69, 9.17) is 19.6 Å². The van der Waals surface area contributed by atoms with Crippen LogP contribution in [0.4, 0.5) is 0 Å². The molecule has 0 aromatic heterocycles. The van der Waals surface area contributed by atoms with Crippen LogP contribution in [0.2, 0.25) is 0 Å². The predicted molar refractivity (Wildman–Crippen MR) is 111 cm³/mol. The lowest BCUT2D eigenvalue weighted by molar-refractivity contribution is 0.371. The third-order valence-corrected chi connectivity index (χ3v) is 6.16. The van der Waals surface area contributed by atoms with Gasteiger partial charge in [-0.25, -0.2) is 0 Å². The summed E-state index contributed by atoms with van der Waals surface area (Å²) in [4.78, 5) is 58.7. The maximum Gasteiger partial charge on any atom is 0.325 e. The molecule has 2 aromatic rings. The van der Waals surface area contributed by atoms with Gasteiger partial charge in [0.05, 0.1) is 12.3 Å². The third-order valence-electron chi connectivity index (χ3n) is 4.55. The molecule has 2 unspecified atom stereocenters. The lowest BCUT2D eigenvalue weighted by atomic mass is 9.93. The number of hydrogen-bond donors (Lipinski definition) is 4. The van der Waals surface area contributed by atoms with Crippen LogP contribution in [0.3, 0.4) is 0 Å². The summed E-state index contributed by atoms with van der Waals surface area (Å²) in [6.45, 7) is 0. The first-order valence-electron chi connectivity index (χ1n) is 8.94. The minimum absolute atomic E-state index is 0.162. The Morgan fingerprint density at radius 3 is 1.17 bits per heavy atom. The zero-order valence-electron chi connectivity index (χ0n) is 15.8. The molecule has 2 aromatic carbocycles. The van der Waals surface area contributed by atoms with Crippen LogP contribution in [0, 0.1) is 9.81 Å². The third kappa shape index (κ3) is 7.65. The molecule has 0 saturated carbocycles. The van der Waals surface area contributed by atoms with Crippen LogP contribution in [-0.2, 0) is 22.0 Å².